The minimum absolute atomic E-state index is 1.19. The predicted molar refractivity (Wildman–Crippen MR) is 196 cm³/mol. The molecule has 0 aromatic carbocycles. The van der Waals surface area contributed by atoms with Crippen molar-refractivity contribution in [2.75, 3.05) is 11.1 Å². The van der Waals surface area contributed by atoms with Crippen LogP contribution in [0, 0.1) is 0 Å². The first kappa shape index (κ1) is 44.1. The van der Waals surface area contributed by atoms with Crippen LogP contribution in [0.3, 0.4) is 0 Å². The van der Waals surface area contributed by atoms with Gasteiger partial charge in [-0.25, -0.2) is 0 Å². The Kier molecular flexibility index (Phi) is 51.6. The van der Waals surface area contributed by atoms with Gasteiger partial charge in [-0.3, -0.25) is 0 Å². The summed E-state index contributed by atoms with van der Waals surface area (Å²) in [5.74, 6) is 4.10. The van der Waals surface area contributed by atoms with Crippen LogP contribution in [0.15, 0.2) is 11.5 Å². The molecule has 0 spiro atoms. The van der Waals surface area contributed by atoms with Gasteiger partial charge in [-0.2, -0.15) is 0 Å². The molecule has 0 aromatic rings. The van der Waals surface area contributed by atoms with E-state index in [0.29, 0.717) is 0 Å². The number of alkyl halides is 1. The van der Waals surface area contributed by atoms with Crippen LogP contribution < -0.4 is 0 Å². The van der Waals surface area contributed by atoms with E-state index in [9.17, 15) is 0 Å². The molecule has 0 bridgehead atoms. The highest BCUT2D eigenvalue weighted by atomic mass is 79.9. The molecule has 0 unspecified atom stereocenters. The molecule has 0 radical (unpaired) electrons. The SMILES string of the molecule is C=C(C)SCCCCCCCCCCCCCCCC.C=S.CCCCCCCCCCCCCCCCBr. The number of hydrogen-bond acceptors (Lipinski definition) is 2. The number of unbranched alkanes of at least 4 members (excludes halogenated alkanes) is 26. The van der Waals surface area contributed by atoms with E-state index in [-0.39, 0.29) is 0 Å². The molecule has 0 aliphatic rings. The topological polar surface area (TPSA) is 0 Å². The summed E-state index contributed by atoms with van der Waals surface area (Å²) in [7, 11) is 0. The van der Waals surface area contributed by atoms with Gasteiger partial charge in [0, 0.05) is 5.33 Å². The molecule has 0 atom stereocenters. The lowest BCUT2D eigenvalue weighted by atomic mass is 10.0. The van der Waals surface area contributed by atoms with Crippen LogP contribution in [0.5, 0.6) is 0 Å². The maximum Gasteiger partial charge on any atom is 0.00313 e. The normalized spacial score (nSPS) is 10.5. The van der Waals surface area contributed by atoms with Crippen molar-refractivity contribution >= 4 is 45.8 Å². The fraction of sp³-hybridized carbons (Fsp3) is 0.917. The van der Waals surface area contributed by atoms with E-state index in [1.807, 2.05) is 11.8 Å². The monoisotopic (exact) mass is 648 g/mol. The number of thiocarbonyl (C=S) groups is 1. The van der Waals surface area contributed by atoms with E-state index in [2.05, 4.69) is 61.4 Å². The quantitative estimate of drug-likeness (QED) is 0.0431. The Morgan fingerprint density at radius 2 is 0.692 bits per heavy atom. The molecular formula is C36H73BrS2. The van der Waals surface area contributed by atoms with E-state index in [0.717, 1.165) is 0 Å². The summed E-state index contributed by atoms with van der Waals surface area (Å²) in [5, 5.41) is 1.19. The first-order valence-corrected chi connectivity index (χ1v) is 20.0. The summed E-state index contributed by atoms with van der Waals surface area (Å²) in [6, 6.07) is 0. The van der Waals surface area contributed by atoms with Gasteiger partial charge in [-0.15, -0.1) is 11.8 Å². The molecular weight excluding hydrogens is 576 g/mol. The lowest BCUT2D eigenvalue weighted by Gasteiger charge is -2.03. The molecule has 0 N–H and O–H groups in total. The zero-order valence-corrected chi connectivity index (χ0v) is 30.5. The third-order valence-corrected chi connectivity index (χ3v) is 8.88. The Labute approximate surface area is 267 Å². The van der Waals surface area contributed by atoms with Gasteiger partial charge in [-0.1, -0.05) is 216 Å². The van der Waals surface area contributed by atoms with Crippen molar-refractivity contribution in [2.24, 2.45) is 0 Å². The number of allylic oxidation sites excluding steroid dienone is 1. The number of rotatable bonds is 30. The maximum absolute atomic E-state index is 3.92. The Balaban J connectivity index is -0.000000632. The lowest BCUT2D eigenvalue weighted by molar-refractivity contribution is 0.538. The number of thioether (sulfide) groups is 1. The molecule has 3 heteroatoms. The first-order valence-electron chi connectivity index (χ1n) is 17.3. The molecule has 0 saturated heterocycles. The zero-order chi connectivity index (χ0) is 29.5. The van der Waals surface area contributed by atoms with Crippen LogP contribution in [-0.2, 0) is 0 Å². The van der Waals surface area contributed by atoms with Gasteiger partial charge < -0.3 is 0 Å². The molecule has 0 heterocycles. The average Bonchev–Trinajstić information content (AvgIpc) is 2.95. The van der Waals surface area contributed by atoms with Gasteiger partial charge in [0.2, 0.25) is 0 Å². The van der Waals surface area contributed by atoms with Crippen molar-refractivity contribution in [2.45, 2.75) is 201 Å². The molecule has 39 heavy (non-hydrogen) atoms. The van der Waals surface area contributed by atoms with Crippen molar-refractivity contribution in [3.8, 4) is 0 Å². The third kappa shape index (κ3) is 51.8. The van der Waals surface area contributed by atoms with Crippen molar-refractivity contribution in [3.05, 3.63) is 11.5 Å². The minimum atomic E-state index is 1.19. The summed E-state index contributed by atoms with van der Waals surface area (Å²) >= 11 is 9.24. The molecule has 0 fully saturated rings. The highest BCUT2D eigenvalue weighted by Crippen LogP contribution is 2.17. The molecule has 0 nitrogen and oxygen atoms in total. The summed E-state index contributed by atoms with van der Waals surface area (Å²) in [6.07, 6.45) is 40.5. The van der Waals surface area contributed by atoms with E-state index in [1.54, 1.807) is 0 Å². The van der Waals surface area contributed by atoms with Crippen LogP contribution in [0.1, 0.15) is 201 Å². The summed E-state index contributed by atoms with van der Waals surface area (Å²) in [6.45, 7) is 10.6. The van der Waals surface area contributed by atoms with Gasteiger partial charge >= 0.3 is 0 Å². The molecule has 0 aliphatic carbocycles. The van der Waals surface area contributed by atoms with Gasteiger partial charge in [0.05, 0.1) is 0 Å². The Morgan fingerprint density at radius 1 is 0.462 bits per heavy atom. The van der Waals surface area contributed by atoms with Crippen molar-refractivity contribution in [1.29, 1.82) is 0 Å². The fourth-order valence-corrected chi connectivity index (χ4v) is 5.93. The molecule has 236 valence electrons. The Hall–Kier alpha value is 0.660. The summed E-state index contributed by atoms with van der Waals surface area (Å²) in [5.41, 5.74) is 0. The van der Waals surface area contributed by atoms with Gasteiger partial charge in [-0.05, 0) is 36.3 Å². The average molecular weight is 650 g/mol. The van der Waals surface area contributed by atoms with Crippen LogP contribution in [0.4, 0.5) is 0 Å². The third-order valence-electron chi connectivity index (χ3n) is 7.33. The smallest absolute Gasteiger partial charge is 0.00313 e. The van der Waals surface area contributed by atoms with E-state index >= 15 is 0 Å². The van der Waals surface area contributed by atoms with Gasteiger partial charge in [0.15, 0.2) is 0 Å². The van der Waals surface area contributed by atoms with E-state index in [1.165, 1.54) is 196 Å². The maximum atomic E-state index is 3.92. The van der Waals surface area contributed by atoms with Crippen molar-refractivity contribution < 1.29 is 0 Å². The Morgan fingerprint density at radius 3 is 0.923 bits per heavy atom. The van der Waals surface area contributed by atoms with Gasteiger partial charge in [0.1, 0.15) is 0 Å². The largest absolute Gasteiger partial charge is 0.132 e. The molecule has 0 saturated carbocycles. The van der Waals surface area contributed by atoms with E-state index in [4.69, 9.17) is 0 Å². The highest BCUT2D eigenvalue weighted by molar-refractivity contribution is 9.09. The van der Waals surface area contributed by atoms with Gasteiger partial charge in [0.25, 0.3) is 0 Å². The predicted octanol–water partition coefficient (Wildman–Crippen LogP) is 15.2. The minimum Gasteiger partial charge on any atom is -0.132 e. The Bertz CT molecular complexity index is 399. The standard InChI is InChI=1S/C19H38S.C16H33Br.CH2S/c1-4-5-6-7-8-9-10-11-12-13-14-15-16-17-18-20-19(2)3;1-2-3-4-5-6-7-8-9-10-11-12-13-14-15-16-17;1-2/h2,4-18H2,1,3H3;2-16H2,1H3;1H2. The lowest BCUT2D eigenvalue weighted by Crippen LogP contribution is -1.84. The number of halogens is 1. The second kappa shape index (κ2) is 45.6. The van der Waals surface area contributed by atoms with E-state index < -0.39 is 0 Å². The molecule has 0 aromatic heterocycles. The van der Waals surface area contributed by atoms with Crippen LogP contribution in [0.25, 0.3) is 0 Å². The zero-order valence-electron chi connectivity index (χ0n) is 27.3. The fourth-order valence-electron chi connectivity index (χ4n) is 4.83. The highest BCUT2D eigenvalue weighted by Gasteiger charge is 1.95. The molecule has 0 rings (SSSR count). The second-order valence-electron chi connectivity index (χ2n) is 11.4. The van der Waals surface area contributed by atoms with Crippen molar-refractivity contribution in [1.82, 2.24) is 0 Å². The second-order valence-corrected chi connectivity index (χ2v) is 13.6. The number of hydrogen-bond donors (Lipinski definition) is 0. The summed E-state index contributed by atoms with van der Waals surface area (Å²) in [4.78, 5) is 1.26. The molecule has 0 amide bonds. The summed E-state index contributed by atoms with van der Waals surface area (Å²) < 4.78 is 0. The van der Waals surface area contributed by atoms with Crippen LogP contribution in [0.2, 0.25) is 0 Å². The van der Waals surface area contributed by atoms with Crippen LogP contribution >= 0.6 is 39.9 Å². The van der Waals surface area contributed by atoms with Crippen LogP contribution in [-0.4, -0.2) is 17.0 Å². The molecule has 0 aliphatic heterocycles. The first-order chi connectivity index (χ1) is 19.2. The van der Waals surface area contributed by atoms with Crippen molar-refractivity contribution in [3.63, 3.8) is 0 Å².